The molecule has 0 aliphatic heterocycles. The van der Waals surface area contributed by atoms with Gasteiger partial charge in [-0.25, -0.2) is 9.97 Å². The zero-order valence-corrected chi connectivity index (χ0v) is 13.0. The molecule has 1 saturated carbocycles. The Bertz CT molecular complexity index is 796. The molecular weight excluding hydrogens is 286 g/mol. The van der Waals surface area contributed by atoms with Crippen molar-refractivity contribution in [1.82, 2.24) is 14.4 Å². The van der Waals surface area contributed by atoms with E-state index in [4.69, 9.17) is 0 Å². The average Bonchev–Trinajstić information content (AvgIpc) is 3.25. The summed E-state index contributed by atoms with van der Waals surface area (Å²) in [7, 11) is 0. The number of Topliss-reactive ketones (excluding diaryl/α,β-unsaturated/α-hetero) is 1. The Hall–Kier alpha value is -2.49. The first kappa shape index (κ1) is 14.1. The number of nitrogens with zero attached hydrogens (tertiary/aromatic N) is 3. The van der Waals surface area contributed by atoms with Crippen molar-refractivity contribution in [2.45, 2.75) is 32.1 Å². The summed E-state index contributed by atoms with van der Waals surface area (Å²) in [6.07, 6.45) is 10.8. The highest BCUT2D eigenvalue weighted by Gasteiger charge is 2.22. The summed E-state index contributed by atoms with van der Waals surface area (Å²) in [6, 6.07) is 10.0. The second kappa shape index (κ2) is 5.95. The predicted molar refractivity (Wildman–Crippen MR) is 89.1 cm³/mol. The molecule has 0 spiro atoms. The first-order valence-corrected chi connectivity index (χ1v) is 8.21. The van der Waals surface area contributed by atoms with E-state index in [-0.39, 0.29) is 0 Å². The Morgan fingerprint density at radius 3 is 2.70 bits per heavy atom. The van der Waals surface area contributed by atoms with E-state index in [0.717, 1.165) is 29.7 Å². The van der Waals surface area contributed by atoms with Crippen LogP contribution in [0, 0.1) is 5.92 Å². The summed E-state index contributed by atoms with van der Waals surface area (Å²) >= 11 is 0. The minimum absolute atomic E-state index is 0.291. The molecule has 4 rings (SSSR count). The van der Waals surface area contributed by atoms with Crippen molar-refractivity contribution < 1.29 is 4.79 Å². The standard InChI is InChI=1S/C19H19N3O/c23-18(16-4-1-2-5-16)12-14-6-8-15(9-7-14)17-13-22-11-3-10-20-19(22)21-17/h3,6-11,13,16H,1-2,4-5,12H2. The van der Waals surface area contributed by atoms with Gasteiger partial charge in [-0.3, -0.25) is 9.20 Å². The Morgan fingerprint density at radius 2 is 1.96 bits per heavy atom. The van der Waals surface area contributed by atoms with Crippen molar-refractivity contribution in [2.24, 2.45) is 5.92 Å². The van der Waals surface area contributed by atoms with Crippen molar-refractivity contribution in [3.8, 4) is 11.3 Å². The lowest BCUT2D eigenvalue weighted by Crippen LogP contribution is -2.13. The summed E-state index contributed by atoms with van der Waals surface area (Å²) in [4.78, 5) is 21.0. The summed E-state index contributed by atoms with van der Waals surface area (Å²) < 4.78 is 1.91. The van der Waals surface area contributed by atoms with Crippen LogP contribution in [0.15, 0.2) is 48.9 Å². The molecule has 0 amide bonds. The Balaban J connectivity index is 1.52. The van der Waals surface area contributed by atoms with Crippen LogP contribution >= 0.6 is 0 Å². The van der Waals surface area contributed by atoms with Gasteiger partial charge in [-0.05, 0) is 24.5 Å². The Kier molecular flexibility index (Phi) is 3.66. The van der Waals surface area contributed by atoms with E-state index in [2.05, 4.69) is 9.97 Å². The van der Waals surface area contributed by atoms with Crippen molar-refractivity contribution in [3.63, 3.8) is 0 Å². The molecule has 2 aromatic heterocycles. The monoisotopic (exact) mass is 305 g/mol. The van der Waals surface area contributed by atoms with Crippen LogP contribution in [-0.4, -0.2) is 20.2 Å². The number of imidazole rings is 1. The second-order valence-electron chi connectivity index (χ2n) is 6.27. The van der Waals surface area contributed by atoms with Gasteiger partial charge < -0.3 is 0 Å². The number of ketones is 1. The minimum Gasteiger partial charge on any atom is -0.299 e. The fourth-order valence-corrected chi connectivity index (χ4v) is 3.36. The summed E-state index contributed by atoms with van der Waals surface area (Å²) in [6.45, 7) is 0. The van der Waals surface area contributed by atoms with Crippen LogP contribution in [-0.2, 0) is 11.2 Å². The van der Waals surface area contributed by atoms with E-state index in [0.29, 0.717) is 23.9 Å². The molecule has 1 aliphatic rings. The third kappa shape index (κ3) is 2.89. The number of hydrogen-bond donors (Lipinski definition) is 0. The molecule has 1 aliphatic carbocycles. The molecule has 2 heterocycles. The van der Waals surface area contributed by atoms with Gasteiger partial charge in [0.1, 0.15) is 5.78 Å². The van der Waals surface area contributed by atoms with Crippen LogP contribution in [0.3, 0.4) is 0 Å². The van der Waals surface area contributed by atoms with E-state index >= 15 is 0 Å². The summed E-state index contributed by atoms with van der Waals surface area (Å²) in [5.41, 5.74) is 3.04. The first-order valence-electron chi connectivity index (χ1n) is 8.21. The normalized spacial score (nSPS) is 15.3. The molecule has 1 aromatic carbocycles. The number of hydrogen-bond acceptors (Lipinski definition) is 3. The molecule has 1 fully saturated rings. The van der Waals surface area contributed by atoms with E-state index in [1.165, 1.54) is 12.8 Å². The molecule has 3 aromatic rings. The van der Waals surface area contributed by atoms with Crippen LogP contribution in [0.2, 0.25) is 0 Å². The van der Waals surface area contributed by atoms with Gasteiger partial charge in [0.25, 0.3) is 0 Å². The van der Waals surface area contributed by atoms with Crippen LogP contribution in [0.25, 0.3) is 17.0 Å². The maximum Gasteiger partial charge on any atom is 0.234 e. The second-order valence-corrected chi connectivity index (χ2v) is 6.27. The van der Waals surface area contributed by atoms with Crippen molar-refractivity contribution in [2.75, 3.05) is 0 Å². The van der Waals surface area contributed by atoms with Gasteiger partial charge in [-0.2, -0.15) is 0 Å². The smallest absolute Gasteiger partial charge is 0.234 e. The maximum absolute atomic E-state index is 12.3. The van der Waals surface area contributed by atoms with E-state index < -0.39 is 0 Å². The molecule has 0 radical (unpaired) electrons. The van der Waals surface area contributed by atoms with Crippen molar-refractivity contribution in [1.29, 1.82) is 0 Å². The maximum atomic E-state index is 12.3. The highest BCUT2D eigenvalue weighted by molar-refractivity contribution is 5.83. The molecule has 0 unspecified atom stereocenters. The quantitative estimate of drug-likeness (QED) is 0.738. The Labute approximate surface area is 135 Å². The number of benzene rings is 1. The van der Waals surface area contributed by atoms with E-state index in [1.807, 2.05) is 47.1 Å². The lowest BCUT2D eigenvalue weighted by Gasteiger charge is -2.08. The molecule has 23 heavy (non-hydrogen) atoms. The van der Waals surface area contributed by atoms with E-state index in [1.54, 1.807) is 6.20 Å². The highest BCUT2D eigenvalue weighted by Crippen LogP contribution is 2.27. The number of rotatable bonds is 4. The molecule has 0 atom stereocenters. The van der Waals surface area contributed by atoms with Gasteiger partial charge in [0, 0.05) is 36.5 Å². The van der Waals surface area contributed by atoms with Crippen LogP contribution in [0.4, 0.5) is 0 Å². The fourth-order valence-electron chi connectivity index (χ4n) is 3.36. The summed E-state index contributed by atoms with van der Waals surface area (Å²) in [5, 5.41) is 0. The molecule has 0 saturated heterocycles. The zero-order valence-electron chi connectivity index (χ0n) is 13.0. The van der Waals surface area contributed by atoms with Crippen LogP contribution < -0.4 is 0 Å². The molecule has 0 bridgehead atoms. The average molecular weight is 305 g/mol. The molecule has 4 nitrogen and oxygen atoms in total. The predicted octanol–water partition coefficient (Wildman–Crippen LogP) is 3.70. The van der Waals surface area contributed by atoms with Gasteiger partial charge in [-0.15, -0.1) is 0 Å². The van der Waals surface area contributed by atoms with Gasteiger partial charge in [0.2, 0.25) is 5.78 Å². The fraction of sp³-hybridized carbons (Fsp3) is 0.316. The molecule has 116 valence electrons. The van der Waals surface area contributed by atoms with Crippen LogP contribution in [0.1, 0.15) is 31.2 Å². The molecule has 0 N–H and O–H groups in total. The number of carbonyl (C=O) groups excluding carboxylic acids is 1. The van der Waals surface area contributed by atoms with Crippen molar-refractivity contribution >= 4 is 11.6 Å². The van der Waals surface area contributed by atoms with Gasteiger partial charge in [0.15, 0.2) is 0 Å². The number of fused-ring (bicyclic) bond motifs is 1. The SMILES string of the molecule is O=C(Cc1ccc(-c2cn3cccnc3n2)cc1)C1CCCC1. The van der Waals surface area contributed by atoms with Gasteiger partial charge in [0.05, 0.1) is 5.69 Å². The zero-order chi connectivity index (χ0) is 15.6. The molecular formula is C19H19N3O. The lowest BCUT2D eigenvalue weighted by atomic mass is 9.96. The van der Waals surface area contributed by atoms with Gasteiger partial charge >= 0.3 is 0 Å². The van der Waals surface area contributed by atoms with Gasteiger partial charge in [-0.1, -0.05) is 37.1 Å². The topological polar surface area (TPSA) is 47.3 Å². The number of carbonyl (C=O) groups is 1. The largest absolute Gasteiger partial charge is 0.299 e. The summed E-state index contributed by atoms with van der Waals surface area (Å²) in [5.74, 6) is 1.38. The van der Waals surface area contributed by atoms with Crippen molar-refractivity contribution in [3.05, 3.63) is 54.5 Å². The first-order chi connectivity index (χ1) is 11.3. The highest BCUT2D eigenvalue weighted by atomic mass is 16.1. The third-order valence-corrected chi connectivity index (χ3v) is 4.67. The third-order valence-electron chi connectivity index (χ3n) is 4.67. The molecule has 4 heteroatoms. The Morgan fingerprint density at radius 1 is 1.17 bits per heavy atom. The lowest BCUT2D eigenvalue weighted by molar-refractivity contribution is -0.122. The minimum atomic E-state index is 0.291. The number of aromatic nitrogens is 3. The van der Waals surface area contributed by atoms with E-state index in [9.17, 15) is 4.79 Å². The van der Waals surface area contributed by atoms with Crippen LogP contribution in [0.5, 0.6) is 0 Å².